The second-order valence-corrected chi connectivity index (χ2v) is 8.77. The van der Waals surface area contributed by atoms with E-state index in [1.165, 1.54) is 12.8 Å². The predicted octanol–water partition coefficient (Wildman–Crippen LogP) is 0.0982. The minimum atomic E-state index is -1.19. The Labute approximate surface area is 180 Å². The van der Waals surface area contributed by atoms with Crippen LogP contribution in [0.4, 0.5) is 11.4 Å². The van der Waals surface area contributed by atoms with E-state index in [-0.39, 0.29) is 11.3 Å². The molecule has 3 fully saturated rings. The van der Waals surface area contributed by atoms with Gasteiger partial charge < -0.3 is 16.0 Å². The summed E-state index contributed by atoms with van der Waals surface area (Å²) >= 11 is 6.09. The van der Waals surface area contributed by atoms with Crippen LogP contribution in [-0.2, 0) is 4.79 Å². The summed E-state index contributed by atoms with van der Waals surface area (Å²) in [5.74, 6) is -1.27. The van der Waals surface area contributed by atoms with Gasteiger partial charge in [0.25, 0.3) is 0 Å². The van der Waals surface area contributed by atoms with Gasteiger partial charge in [0, 0.05) is 51.5 Å². The van der Waals surface area contributed by atoms with E-state index in [2.05, 4.69) is 35.9 Å². The van der Waals surface area contributed by atoms with Crippen molar-refractivity contribution in [2.75, 3.05) is 49.5 Å². The molecular formula is C19H29ClN8O2. The molecule has 3 heterocycles. The van der Waals surface area contributed by atoms with Crippen molar-refractivity contribution in [2.45, 2.75) is 36.6 Å². The molecule has 2 unspecified atom stereocenters. The van der Waals surface area contributed by atoms with Crippen LogP contribution in [0.2, 0.25) is 0 Å². The zero-order chi connectivity index (χ0) is 21.1. The van der Waals surface area contributed by atoms with Crippen molar-refractivity contribution in [3.63, 3.8) is 0 Å². The van der Waals surface area contributed by atoms with Gasteiger partial charge >= 0.3 is 0 Å². The number of nitroso groups, excluding NO2 is 1. The highest BCUT2D eigenvalue weighted by atomic mass is 35.5. The third-order valence-electron chi connectivity index (χ3n) is 6.04. The highest BCUT2D eigenvalue weighted by Gasteiger charge is 2.37. The lowest BCUT2D eigenvalue weighted by molar-refractivity contribution is -0.121. The quantitative estimate of drug-likeness (QED) is 0.350. The van der Waals surface area contributed by atoms with Crippen molar-refractivity contribution >= 4 is 28.9 Å². The second-order valence-electron chi connectivity index (χ2n) is 8.15. The maximum atomic E-state index is 13.1. The number of nitrogens with one attached hydrogen (secondary N) is 3. The molecule has 1 aliphatic carbocycles. The number of halogens is 1. The van der Waals surface area contributed by atoms with E-state index in [1.807, 2.05) is 6.07 Å². The van der Waals surface area contributed by atoms with Gasteiger partial charge in [0.2, 0.25) is 5.91 Å². The van der Waals surface area contributed by atoms with Crippen molar-refractivity contribution in [1.82, 2.24) is 20.5 Å². The standard InChI is InChI=1S/C19H29ClN8O2/c20-12-9-23-18(24-10-12)16(17(21)26-30)19(29)25-14-11-22-4-3-15(14)28-7-5-27(6-8-28)13-1-2-13/h3-4,11-13,16-18,23-24H,1-2,5-10,21H2,(H,25,29). The Morgan fingerprint density at radius 1 is 1.27 bits per heavy atom. The van der Waals surface area contributed by atoms with Crippen molar-refractivity contribution in [3.05, 3.63) is 23.4 Å². The van der Waals surface area contributed by atoms with Crippen LogP contribution in [0, 0.1) is 10.8 Å². The number of hydrogen-bond donors (Lipinski definition) is 4. The van der Waals surface area contributed by atoms with E-state index < -0.39 is 18.2 Å². The first-order valence-corrected chi connectivity index (χ1v) is 10.9. The lowest BCUT2D eigenvalue weighted by Crippen LogP contribution is -2.62. The summed E-state index contributed by atoms with van der Waals surface area (Å²) in [4.78, 5) is 33.2. The maximum Gasteiger partial charge on any atom is 0.234 e. The minimum absolute atomic E-state index is 0.0930. The number of anilines is 2. The average Bonchev–Trinajstić information content (AvgIpc) is 3.61. The van der Waals surface area contributed by atoms with E-state index in [1.54, 1.807) is 12.4 Å². The fourth-order valence-electron chi connectivity index (χ4n) is 4.22. The molecule has 4 rings (SSSR count). The number of amides is 1. The van der Waals surface area contributed by atoms with E-state index in [0.29, 0.717) is 18.8 Å². The number of nitrogens with zero attached hydrogens (tertiary/aromatic N) is 4. The van der Waals surface area contributed by atoms with Crippen molar-refractivity contribution in [3.8, 4) is 0 Å². The molecule has 1 aromatic heterocycles. The topological polar surface area (TPSA) is 128 Å². The van der Waals surface area contributed by atoms with Gasteiger partial charge in [-0.05, 0) is 18.9 Å². The number of aromatic nitrogens is 1. The first kappa shape index (κ1) is 21.4. The van der Waals surface area contributed by atoms with Gasteiger partial charge in [-0.15, -0.1) is 16.5 Å². The van der Waals surface area contributed by atoms with Crippen molar-refractivity contribution in [2.24, 2.45) is 16.8 Å². The molecule has 1 saturated carbocycles. The monoisotopic (exact) mass is 436 g/mol. The number of carbonyl (C=O) groups excluding carboxylic acids is 1. The summed E-state index contributed by atoms with van der Waals surface area (Å²) in [6.07, 6.45) is 4.28. The van der Waals surface area contributed by atoms with Gasteiger partial charge in [-0.25, -0.2) is 0 Å². The van der Waals surface area contributed by atoms with Gasteiger partial charge in [0.15, 0.2) is 6.17 Å². The highest BCUT2D eigenvalue weighted by Crippen LogP contribution is 2.31. The summed E-state index contributed by atoms with van der Waals surface area (Å²) in [6, 6.07) is 2.66. The molecular weight excluding hydrogens is 408 g/mol. The Hall–Kier alpha value is -1.85. The maximum absolute atomic E-state index is 13.1. The van der Waals surface area contributed by atoms with E-state index >= 15 is 0 Å². The molecule has 10 nitrogen and oxygen atoms in total. The van der Waals surface area contributed by atoms with Crippen LogP contribution in [-0.4, -0.2) is 78.8 Å². The third kappa shape index (κ3) is 4.89. The lowest BCUT2D eigenvalue weighted by Gasteiger charge is -2.37. The Morgan fingerprint density at radius 2 is 1.97 bits per heavy atom. The molecule has 0 bridgehead atoms. The Balaban J connectivity index is 1.45. The van der Waals surface area contributed by atoms with Gasteiger partial charge in [0.1, 0.15) is 5.92 Å². The SMILES string of the molecule is NC(N=O)C(C(=O)Nc1cnccc1N1CCN(C2CC2)CC1)C1NCC(Cl)CN1. The molecule has 1 aromatic rings. The lowest BCUT2D eigenvalue weighted by atomic mass is 9.99. The Morgan fingerprint density at radius 3 is 2.60 bits per heavy atom. The second kappa shape index (κ2) is 9.52. The molecule has 1 amide bonds. The molecule has 3 aliphatic rings. The summed E-state index contributed by atoms with van der Waals surface area (Å²) in [5.41, 5.74) is 7.41. The molecule has 11 heteroatoms. The zero-order valence-electron chi connectivity index (χ0n) is 16.8. The molecule has 5 N–H and O–H groups in total. The largest absolute Gasteiger partial charge is 0.367 e. The van der Waals surface area contributed by atoms with Crippen LogP contribution in [0.15, 0.2) is 23.6 Å². The van der Waals surface area contributed by atoms with Gasteiger partial charge in [0.05, 0.1) is 29.1 Å². The highest BCUT2D eigenvalue weighted by molar-refractivity contribution is 6.21. The number of pyridine rings is 1. The average molecular weight is 437 g/mol. The molecule has 2 atom stereocenters. The third-order valence-corrected chi connectivity index (χ3v) is 6.35. The number of nitrogens with two attached hydrogens (primary N) is 1. The Bertz CT molecular complexity index is 748. The fourth-order valence-corrected chi connectivity index (χ4v) is 4.40. The summed E-state index contributed by atoms with van der Waals surface area (Å²) in [5, 5.41) is 12.0. The van der Waals surface area contributed by atoms with Crippen LogP contribution in [0.3, 0.4) is 0 Å². The smallest absolute Gasteiger partial charge is 0.234 e. The summed E-state index contributed by atoms with van der Waals surface area (Å²) in [6.45, 7) is 4.84. The molecule has 0 aromatic carbocycles. The molecule has 0 spiro atoms. The van der Waals surface area contributed by atoms with Gasteiger partial charge in [-0.3, -0.25) is 25.3 Å². The number of alkyl halides is 1. The van der Waals surface area contributed by atoms with Gasteiger partial charge in [-0.2, -0.15) is 0 Å². The van der Waals surface area contributed by atoms with Gasteiger partial charge in [-0.1, -0.05) is 5.18 Å². The van der Waals surface area contributed by atoms with E-state index in [0.717, 1.165) is 37.9 Å². The van der Waals surface area contributed by atoms with Crippen molar-refractivity contribution in [1.29, 1.82) is 0 Å². The molecule has 30 heavy (non-hydrogen) atoms. The minimum Gasteiger partial charge on any atom is -0.367 e. The number of carbonyl (C=O) groups is 1. The van der Waals surface area contributed by atoms with Crippen LogP contribution >= 0.6 is 11.6 Å². The van der Waals surface area contributed by atoms with Crippen LogP contribution < -0.4 is 26.6 Å². The molecule has 2 aliphatic heterocycles. The van der Waals surface area contributed by atoms with E-state index in [4.69, 9.17) is 17.3 Å². The fraction of sp³-hybridized carbons (Fsp3) is 0.684. The molecule has 0 radical (unpaired) electrons. The number of hydrogen-bond acceptors (Lipinski definition) is 9. The van der Waals surface area contributed by atoms with Crippen LogP contribution in [0.25, 0.3) is 0 Å². The van der Waals surface area contributed by atoms with Crippen molar-refractivity contribution < 1.29 is 4.79 Å². The first-order valence-electron chi connectivity index (χ1n) is 10.5. The molecule has 2 saturated heterocycles. The normalized spacial score (nSPS) is 27.3. The molecule has 164 valence electrons. The summed E-state index contributed by atoms with van der Waals surface area (Å²) in [7, 11) is 0. The first-order chi connectivity index (χ1) is 14.6. The number of piperazine rings is 1. The number of rotatable bonds is 7. The van der Waals surface area contributed by atoms with Crippen LogP contribution in [0.1, 0.15) is 12.8 Å². The van der Waals surface area contributed by atoms with Crippen LogP contribution in [0.5, 0.6) is 0 Å². The Kier molecular flexibility index (Phi) is 6.79. The zero-order valence-corrected chi connectivity index (χ0v) is 17.6. The predicted molar refractivity (Wildman–Crippen MR) is 116 cm³/mol. The van der Waals surface area contributed by atoms with E-state index in [9.17, 15) is 9.70 Å². The summed E-state index contributed by atoms with van der Waals surface area (Å²) < 4.78 is 0.